The lowest BCUT2D eigenvalue weighted by Gasteiger charge is -2.18. The average molecular weight is 348 g/mol. The van der Waals surface area contributed by atoms with Crippen molar-refractivity contribution in [3.63, 3.8) is 0 Å². The lowest BCUT2D eigenvalue weighted by molar-refractivity contribution is 0.223. The van der Waals surface area contributed by atoms with Crippen molar-refractivity contribution >= 4 is 27.6 Å². The highest BCUT2D eigenvalue weighted by atomic mass is 79.9. The van der Waals surface area contributed by atoms with Crippen LogP contribution in [-0.4, -0.2) is 29.5 Å². The summed E-state index contributed by atoms with van der Waals surface area (Å²) >= 11 is 3.46. The number of nitrogens with zero attached hydrogens (tertiary/aromatic N) is 2. The van der Waals surface area contributed by atoms with Crippen molar-refractivity contribution in [3.8, 4) is 0 Å². The van der Waals surface area contributed by atoms with E-state index in [1.165, 1.54) is 0 Å². The first kappa shape index (κ1) is 15.5. The summed E-state index contributed by atoms with van der Waals surface area (Å²) in [6.45, 7) is 2.63. The number of hydrogen-bond acceptors (Lipinski definition) is 2. The molecule has 5 heteroatoms. The summed E-state index contributed by atoms with van der Waals surface area (Å²) in [6, 6.07) is 11.4. The number of halogens is 1. The molecule has 0 aliphatic carbocycles. The molecule has 0 saturated heterocycles. The van der Waals surface area contributed by atoms with E-state index in [-0.39, 0.29) is 6.03 Å². The summed E-state index contributed by atoms with van der Waals surface area (Å²) < 4.78 is 0.983. The number of carbonyl (C=O) groups excluding carboxylic acids is 1. The number of aromatic nitrogens is 1. The molecule has 21 heavy (non-hydrogen) atoms. The number of rotatable bonds is 4. The van der Waals surface area contributed by atoms with Crippen LogP contribution in [-0.2, 0) is 6.42 Å². The Labute approximate surface area is 133 Å². The van der Waals surface area contributed by atoms with Gasteiger partial charge in [0.1, 0.15) is 0 Å². The van der Waals surface area contributed by atoms with Crippen molar-refractivity contribution in [2.45, 2.75) is 13.3 Å². The number of benzene rings is 1. The molecule has 1 heterocycles. The Bertz CT molecular complexity index is 616. The Hall–Kier alpha value is -1.88. The van der Waals surface area contributed by atoms with Crippen molar-refractivity contribution in [2.24, 2.45) is 0 Å². The monoisotopic (exact) mass is 347 g/mol. The molecule has 2 amide bonds. The van der Waals surface area contributed by atoms with E-state index < -0.39 is 0 Å². The zero-order valence-electron chi connectivity index (χ0n) is 12.1. The van der Waals surface area contributed by atoms with Crippen molar-refractivity contribution in [2.75, 3.05) is 18.9 Å². The first-order chi connectivity index (χ1) is 10.1. The van der Waals surface area contributed by atoms with Crippen molar-refractivity contribution in [1.29, 1.82) is 0 Å². The second kappa shape index (κ2) is 7.22. The fourth-order valence-corrected chi connectivity index (χ4v) is 2.20. The van der Waals surface area contributed by atoms with E-state index in [4.69, 9.17) is 0 Å². The maximum atomic E-state index is 12.1. The topological polar surface area (TPSA) is 45.2 Å². The van der Waals surface area contributed by atoms with Gasteiger partial charge in [-0.1, -0.05) is 28.1 Å². The molecule has 0 bridgehead atoms. The van der Waals surface area contributed by atoms with Gasteiger partial charge >= 0.3 is 6.03 Å². The normalized spacial score (nSPS) is 10.2. The Morgan fingerprint density at radius 1 is 1.33 bits per heavy atom. The number of urea groups is 1. The highest BCUT2D eigenvalue weighted by Gasteiger charge is 2.09. The Balaban J connectivity index is 1.89. The van der Waals surface area contributed by atoms with Crippen molar-refractivity contribution in [1.82, 2.24) is 9.88 Å². The number of likely N-dealkylation sites (N-methyl/N-ethyl adjacent to an activating group) is 1. The van der Waals surface area contributed by atoms with Gasteiger partial charge in [-0.3, -0.25) is 4.98 Å². The molecule has 2 rings (SSSR count). The van der Waals surface area contributed by atoms with Crippen LogP contribution in [0.25, 0.3) is 0 Å². The Morgan fingerprint density at radius 3 is 2.81 bits per heavy atom. The molecular formula is C16H18BrN3O. The van der Waals surface area contributed by atoms with E-state index in [1.54, 1.807) is 18.1 Å². The minimum Gasteiger partial charge on any atom is -0.327 e. The molecule has 0 spiro atoms. The molecule has 1 aromatic heterocycles. The standard InChI is InChI=1S/C16H18BrN3O/c1-12-6-7-14(11-15(12)17)19-16(21)20(2)10-8-13-5-3-4-9-18-13/h3-7,9,11H,8,10H2,1-2H3,(H,19,21). The third-order valence-corrected chi connectivity index (χ3v) is 4.05. The van der Waals surface area contributed by atoms with E-state index in [9.17, 15) is 4.79 Å². The van der Waals surface area contributed by atoms with E-state index >= 15 is 0 Å². The van der Waals surface area contributed by atoms with Gasteiger partial charge in [-0.15, -0.1) is 0 Å². The number of pyridine rings is 1. The highest BCUT2D eigenvalue weighted by molar-refractivity contribution is 9.10. The predicted molar refractivity (Wildman–Crippen MR) is 88.5 cm³/mol. The van der Waals surface area contributed by atoms with Crippen LogP contribution in [0, 0.1) is 6.92 Å². The summed E-state index contributed by atoms with van der Waals surface area (Å²) in [7, 11) is 1.78. The number of anilines is 1. The van der Waals surface area contributed by atoms with Gasteiger partial charge in [-0.05, 0) is 36.8 Å². The van der Waals surface area contributed by atoms with Crippen LogP contribution in [0.1, 0.15) is 11.3 Å². The number of hydrogen-bond donors (Lipinski definition) is 1. The van der Waals surface area contributed by atoms with Crippen LogP contribution >= 0.6 is 15.9 Å². The fourth-order valence-electron chi connectivity index (χ4n) is 1.82. The first-order valence-corrected chi connectivity index (χ1v) is 7.54. The third kappa shape index (κ3) is 4.56. The molecule has 110 valence electrons. The van der Waals surface area contributed by atoms with Crippen LogP contribution < -0.4 is 5.32 Å². The maximum Gasteiger partial charge on any atom is 0.321 e. The molecule has 2 aromatic rings. The van der Waals surface area contributed by atoms with Crippen LogP contribution in [0.15, 0.2) is 47.1 Å². The molecule has 0 fully saturated rings. The summed E-state index contributed by atoms with van der Waals surface area (Å²) in [6.07, 6.45) is 2.50. The molecule has 1 aromatic carbocycles. The molecule has 0 radical (unpaired) electrons. The Kier molecular flexibility index (Phi) is 5.33. The highest BCUT2D eigenvalue weighted by Crippen LogP contribution is 2.20. The van der Waals surface area contributed by atoms with Gasteiger partial charge in [-0.2, -0.15) is 0 Å². The predicted octanol–water partition coefficient (Wildman–Crippen LogP) is 3.86. The number of aryl methyl sites for hydroxylation is 1. The molecule has 0 aliphatic rings. The van der Waals surface area contributed by atoms with Crippen molar-refractivity contribution in [3.05, 3.63) is 58.3 Å². The summed E-state index contributed by atoms with van der Waals surface area (Å²) in [5.41, 5.74) is 2.90. The quantitative estimate of drug-likeness (QED) is 0.912. The minimum absolute atomic E-state index is 0.123. The zero-order chi connectivity index (χ0) is 15.2. The van der Waals surface area contributed by atoms with E-state index in [0.29, 0.717) is 6.54 Å². The van der Waals surface area contributed by atoms with Crippen LogP contribution in [0.4, 0.5) is 10.5 Å². The summed E-state index contributed by atoms with van der Waals surface area (Å²) in [5.74, 6) is 0. The van der Waals surface area contributed by atoms with Crippen LogP contribution in [0.5, 0.6) is 0 Å². The first-order valence-electron chi connectivity index (χ1n) is 6.74. The molecule has 0 atom stereocenters. The smallest absolute Gasteiger partial charge is 0.321 e. The van der Waals surface area contributed by atoms with Gasteiger partial charge in [0.25, 0.3) is 0 Å². The lowest BCUT2D eigenvalue weighted by atomic mass is 10.2. The summed E-state index contributed by atoms with van der Waals surface area (Å²) in [5, 5.41) is 2.88. The van der Waals surface area contributed by atoms with Gasteiger partial charge in [0.15, 0.2) is 0 Å². The summed E-state index contributed by atoms with van der Waals surface area (Å²) in [4.78, 5) is 18.0. The molecule has 0 aliphatic heterocycles. The van der Waals surface area contributed by atoms with Crippen molar-refractivity contribution < 1.29 is 4.79 Å². The molecule has 0 unspecified atom stereocenters. The molecule has 4 nitrogen and oxygen atoms in total. The van der Waals surface area contributed by atoms with Gasteiger partial charge in [0.2, 0.25) is 0 Å². The minimum atomic E-state index is -0.123. The third-order valence-electron chi connectivity index (χ3n) is 3.20. The number of carbonyl (C=O) groups is 1. The second-order valence-corrected chi connectivity index (χ2v) is 5.74. The van der Waals surface area contributed by atoms with Gasteiger partial charge in [0.05, 0.1) is 0 Å². The Morgan fingerprint density at radius 2 is 2.14 bits per heavy atom. The van der Waals surface area contributed by atoms with Gasteiger partial charge < -0.3 is 10.2 Å². The van der Waals surface area contributed by atoms with Crippen LogP contribution in [0.3, 0.4) is 0 Å². The maximum absolute atomic E-state index is 12.1. The lowest BCUT2D eigenvalue weighted by Crippen LogP contribution is -2.33. The van der Waals surface area contributed by atoms with Crippen LogP contribution in [0.2, 0.25) is 0 Å². The zero-order valence-corrected chi connectivity index (χ0v) is 13.7. The number of nitrogens with one attached hydrogen (secondary N) is 1. The van der Waals surface area contributed by atoms with E-state index in [0.717, 1.165) is 27.8 Å². The molecular weight excluding hydrogens is 330 g/mol. The second-order valence-electron chi connectivity index (χ2n) is 4.89. The van der Waals surface area contributed by atoms with E-state index in [2.05, 4.69) is 26.2 Å². The van der Waals surface area contributed by atoms with Gasteiger partial charge in [-0.25, -0.2) is 4.79 Å². The van der Waals surface area contributed by atoms with Gasteiger partial charge in [0, 0.05) is 42.1 Å². The largest absolute Gasteiger partial charge is 0.327 e. The number of amides is 2. The average Bonchev–Trinajstić information content (AvgIpc) is 2.49. The molecule has 0 saturated carbocycles. The molecule has 1 N–H and O–H groups in total. The van der Waals surface area contributed by atoms with E-state index in [1.807, 2.05) is 43.3 Å². The fraction of sp³-hybridized carbons (Fsp3) is 0.250. The SMILES string of the molecule is Cc1ccc(NC(=O)N(C)CCc2ccccn2)cc1Br.